The van der Waals surface area contributed by atoms with Gasteiger partial charge in [0, 0.05) is 0 Å². The Hall–Kier alpha value is -0.0400. The van der Waals surface area contributed by atoms with Gasteiger partial charge in [0.05, 0.1) is 6.10 Å². The standard InChI is InChI=1S/C14H26O/c1-2-11-3-5-12(6-4-11)13-7-9-14(15)10-8-13/h11-15H,2-10H2,1H3/t11-,12-,13?,14?. The van der Waals surface area contributed by atoms with Gasteiger partial charge >= 0.3 is 0 Å². The maximum Gasteiger partial charge on any atom is 0.0540 e. The van der Waals surface area contributed by atoms with Gasteiger partial charge in [-0.2, -0.15) is 0 Å². The molecule has 0 bridgehead atoms. The second-order valence-electron chi connectivity index (χ2n) is 5.76. The molecule has 1 nitrogen and oxygen atoms in total. The Morgan fingerprint density at radius 1 is 0.800 bits per heavy atom. The van der Waals surface area contributed by atoms with E-state index in [1.54, 1.807) is 0 Å². The number of hydrogen-bond acceptors (Lipinski definition) is 1. The molecule has 1 heteroatoms. The van der Waals surface area contributed by atoms with Crippen LogP contribution in [-0.4, -0.2) is 11.2 Å². The predicted octanol–water partition coefficient (Wildman–Crippen LogP) is 3.75. The van der Waals surface area contributed by atoms with Crippen LogP contribution >= 0.6 is 0 Å². The van der Waals surface area contributed by atoms with E-state index in [-0.39, 0.29) is 6.10 Å². The molecule has 15 heavy (non-hydrogen) atoms. The van der Waals surface area contributed by atoms with Crippen LogP contribution in [0.25, 0.3) is 0 Å². The molecule has 0 unspecified atom stereocenters. The molecule has 2 aliphatic carbocycles. The van der Waals surface area contributed by atoms with Crippen LogP contribution in [0, 0.1) is 17.8 Å². The van der Waals surface area contributed by atoms with Crippen LogP contribution in [0.15, 0.2) is 0 Å². The van der Waals surface area contributed by atoms with Crippen molar-refractivity contribution in [2.75, 3.05) is 0 Å². The van der Waals surface area contributed by atoms with Crippen molar-refractivity contribution in [3.05, 3.63) is 0 Å². The zero-order valence-corrected chi connectivity index (χ0v) is 10.1. The molecule has 0 heterocycles. The van der Waals surface area contributed by atoms with Crippen molar-refractivity contribution in [3.63, 3.8) is 0 Å². The monoisotopic (exact) mass is 210 g/mol. The summed E-state index contributed by atoms with van der Waals surface area (Å²) < 4.78 is 0. The quantitative estimate of drug-likeness (QED) is 0.736. The first-order chi connectivity index (χ1) is 7.29. The Labute approximate surface area is 94.3 Å². The molecule has 2 saturated carbocycles. The Balaban J connectivity index is 1.75. The molecule has 2 fully saturated rings. The van der Waals surface area contributed by atoms with E-state index >= 15 is 0 Å². The van der Waals surface area contributed by atoms with E-state index in [0.717, 1.165) is 30.6 Å². The van der Waals surface area contributed by atoms with Crippen LogP contribution < -0.4 is 0 Å². The van der Waals surface area contributed by atoms with E-state index in [2.05, 4.69) is 6.92 Å². The molecule has 0 aromatic rings. The molecule has 0 atom stereocenters. The van der Waals surface area contributed by atoms with Crippen LogP contribution in [0.3, 0.4) is 0 Å². The Morgan fingerprint density at radius 3 is 1.73 bits per heavy atom. The van der Waals surface area contributed by atoms with Gasteiger partial charge in [-0.15, -0.1) is 0 Å². The Morgan fingerprint density at radius 2 is 1.27 bits per heavy atom. The van der Waals surface area contributed by atoms with Crippen molar-refractivity contribution >= 4 is 0 Å². The van der Waals surface area contributed by atoms with E-state index in [9.17, 15) is 5.11 Å². The molecule has 2 aliphatic rings. The molecule has 0 radical (unpaired) electrons. The minimum atomic E-state index is 0.0215. The third-order valence-corrected chi connectivity index (χ3v) is 4.88. The number of rotatable bonds is 2. The lowest BCUT2D eigenvalue weighted by atomic mass is 9.70. The fraction of sp³-hybridized carbons (Fsp3) is 1.00. The second kappa shape index (κ2) is 5.34. The molecule has 0 aliphatic heterocycles. The van der Waals surface area contributed by atoms with Crippen molar-refractivity contribution in [1.29, 1.82) is 0 Å². The average molecular weight is 210 g/mol. The van der Waals surface area contributed by atoms with Gasteiger partial charge in [-0.25, -0.2) is 0 Å². The largest absolute Gasteiger partial charge is 0.393 e. The first-order valence-corrected chi connectivity index (χ1v) is 6.97. The van der Waals surface area contributed by atoms with Gasteiger partial charge in [-0.1, -0.05) is 26.2 Å². The van der Waals surface area contributed by atoms with Crippen molar-refractivity contribution < 1.29 is 5.11 Å². The van der Waals surface area contributed by atoms with Gasteiger partial charge in [0.25, 0.3) is 0 Å². The minimum absolute atomic E-state index is 0.0215. The third-order valence-electron chi connectivity index (χ3n) is 4.88. The van der Waals surface area contributed by atoms with Crippen molar-refractivity contribution in [3.8, 4) is 0 Å². The third kappa shape index (κ3) is 2.96. The van der Waals surface area contributed by atoms with Gasteiger partial charge in [-0.3, -0.25) is 0 Å². The highest BCUT2D eigenvalue weighted by Gasteiger charge is 2.29. The zero-order valence-electron chi connectivity index (χ0n) is 10.1. The summed E-state index contributed by atoms with van der Waals surface area (Å²) in [6.07, 6.45) is 12.0. The topological polar surface area (TPSA) is 20.2 Å². The highest BCUT2D eigenvalue weighted by atomic mass is 16.3. The molecule has 88 valence electrons. The van der Waals surface area contributed by atoms with Crippen molar-refractivity contribution in [1.82, 2.24) is 0 Å². The van der Waals surface area contributed by atoms with Crippen LogP contribution in [0.2, 0.25) is 0 Å². The zero-order chi connectivity index (χ0) is 10.7. The second-order valence-corrected chi connectivity index (χ2v) is 5.76. The van der Waals surface area contributed by atoms with Gasteiger partial charge in [0.2, 0.25) is 0 Å². The molecule has 0 spiro atoms. The van der Waals surface area contributed by atoms with E-state index in [4.69, 9.17) is 0 Å². The minimum Gasteiger partial charge on any atom is -0.393 e. The van der Waals surface area contributed by atoms with Gasteiger partial charge in [-0.05, 0) is 56.3 Å². The number of aliphatic hydroxyl groups excluding tert-OH is 1. The highest BCUT2D eigenvalue weighted by Crippen LogP contribution is 2.40. The lowest BCUT2D eigenvalue weighted by Gasteiger charge is -2.36. The molecule has 0 amide bonds. The summed E-state index contributed by atoms with van der Waals surface area (Å²) in [7, 11) is 0. The van der Waals surface area contributed by atoms with Gasteiger partial charge in [0.1, 0.15) is 0 Å². The first-order valence-electron chi connectivity index (χ1n) is 6.97. The number of aliphatic hydroxyl groups is 1. The van der Waals surface area contributed by atoms with E-state index < -0.39 is 0 Å². The highest BCUT2D eigenvalue weighted by molar-refractivity contribution is 4.81. The Bertz CT molecular complexity index is 174. The average Bonchev–Trinajstić information content (AvgIpc) is 2.30. The van der Waals surface area contributed by atoms with E-state index in [1.807, 2.05) is 0 Å². The van der Waals surface area contributed by atoms with Gasteiger partial charge < -0.3 is 5.11 Å². The molecular formula is C14H26O. The number of hydrogen-bond donors (Lipinski definition) is 1. The van der Waals surface area contributed by atoms with Gasteiger partial charge in [0.15, 0.2) is 0 Å². The van der Waals surface area contributed by atoms with Crippen molar-refractivity contribution in [2.45, 2.75) is 70.8 Å². The smallest absolute Gasteiger partial charge is 0.0540 e. The summed E-state index contributed by atoms with van der Waals surface area (Å²) in [5.41, 5.74) is 0. The summed E-state index contributed by atoms with van der Waals surface area (Å²) in [6.45, 7) is 2.34. The first kappa shape index (κ1) is 11.4. The Kier molecular flexibility index (Phi) is 4.07. The summed E-state index contributed by atoms with van der Waals surface area (Å²) >= 11 is 0. The molecule has 0 aromatic heterocycles. The SMILES string of the molecule is CC[C@H]1CC[C@H](C2CCC(O)CC2)CC1. The molecule has 0 saturated heterocycles. The molecule has 1 N–H and O–H groups in total. The van der Waals surface area contributed by atoms with Crippen molar-refractivity contribution in [2.24, 2.45) is 17.8 Å². The van der Waals surface area contributed by atoms with Crippen LogP contribution in [0.5, 0.6) is 0 Å². The lowest BCUT2D eigenvalue weighted by Crippen LogP contribution is -2.27. The fourth-order valence-corrected chi connectivity index (χ4v) is 3.64. The normalized spacial score (nSPS) is 42.8. The molecular weight excluding hydrogens is 184 g/mol. The van der Waals surface area contributed by atoms with Crippen LogP contribution in [0.1, 0.15) is 64.7 Å². The summed E-state index contributed by atoms with van der Waals surface area (Å²) in [5.74, 6) is 2.97. The lowest BCUT2D eigenvalue weighted by molar-refractivity contribution is 0.0768. The molecule has 2 rings (SSSR count). The fourth-order valence-electron chi connectivity index (χ4n) is 3.64. The predicted molar refractivity (Wildman–Crippen MR) is 63.7 cm³/mol. The van der Waals surface area contributed by atoms with E-state index in [0.29, 0.717) is 0 Å². The van der Waals surface area contributed by atoms with E-state index in [1.165, 1.54) is 44.9 Å². The molecule has 0 aromatic carbocycles. The maximum absolute atomic E-state index is 9.51. The summed E-state index contributed by atoms with van der Waals surface area (Å²) in [4.78, 5) is 0. The summed E-state index contributed by atoms with van der Waals surface area (Å²) in [5, 5.41) is 9.51. The van der Waals surface area contributed by atoms with Crippen LogP contribution in [0.4, 0.5) is 0 Å². The summed E-state index contributed by atoms with van der Waals surface area (Å²) in [6, 6.07) is 0. The maximum atomic E-state index is 9.51. The van der Waals surface area contributed by atoms with Crippen LogP contribution in [-0.2, 0) is 0 Å².